The maximum Gasteiger partial charge on any atom is 0.208 e. The van der Waals surface area contributed by atoms with Crippen LogP contribution in [0.1, 0.15) is 38.3 Å². The predicted molar refractivity (Wildman–Crippen MR) is 82.7 cm³/mol. The highest BCUT2D eigenvalue weighted by atomic mass is 16.1. The van der Waals surface area contributed by atoms with E-state index in [1.807, 2.05) is 44.2 Å². The van der Waals surface area contributed by atoms with Crippen molar-refractivity contribution in [3.8, 4) is 0 Å². The van der Waals surface area contributed by atoms with E-state index in [4.69, 9.17) is 0 Å². The molecule has 1 aliphatic carbocycles. The molecule has 0 saturated heterocycles. The van der Waals surface area contributed by atoms with Crippen molar-refractivity contribution in [2.24, 2.45) is 4.99 Å². The van der Waals surface area contributed by atoms with Crippen LogP contribution in [0.2, 0.25) is 0 Å². The summed E-state index contributed by atoms with van der Waals surface area (Å²) in [5.74, 6) is -0.190. The number of fused-ring (bicyclic) bond motifs is 1. The zero-order valence-corrected chi connectivity index (χ0v) is 12.0. The molecule has 0 aromatic heterocycles. The molecule has 21 heavy (non-hydrogen) atoms. The minimum Gasteiger partial charge on any atom is -0.294 e. The van der Waals surface area contributed by atoms with Crippen molar-refractivity contribution in [1.82, 2.24) is 0 Å². The van der Waals surface area contributed by atoms with Gasteiger partial charge < -0.3 is 0 Å². The van der Waals surface area contributed by atoms with E-state index < -0.39 is 0 Å². The number of carbonyl (C=O) groups excluding carboxylic acids is 2. The molecule has 0 atom stereocenters. The van der Waals surface area contributed by atoms with Crippen LogP contribution in [0.3, 0.4) is 0 Å². The largest absolute Gasteiger partial charge is 0.294 e. The number of hydrogen-bond acceptors (Lipinski definition) is 3. The van der Waals surface area contributed by atoms with E-state index in [9.17, 15) is 9.59 Å². The number of carbonyl (C=O) groups is 2. The topological polar surface area (TPSA) is 46.5 Å². The lowest BCUT2D eigenvalue weighted by Crippen LogP contribution is -2.27. The first kappa shape index (κ1) is 13.4. The van der Waals surface area contributed by atoms with Crippen molar-refractivity contribution in [2.75, 3.05) is 0 Å². The second-order valence-electron chi connectivity index (χ2n) is 5.37. The summed E-state index contributed by atoms with van der Waals surface area (Å²) in [5.41, 5.74) is 4.11. The number of aliphatic imine (C=N–C) groups is 1. The molecule has 0 amide bonds. The summed E-state index contributed by atoms with van der Waals surface area (Å²) in [4.78, 5) is 29.0. The molecule has 0 spiro atoms. The van der Waals surface area contributed by atoms with Gasteiger partial charge in [-0.1, -0.05) is 29.3 Å². The SMILES string of the molecule is Cc1ccc(N=C2CC(=O)c3cc(C)ccc3C2=O)cc1. The van der Waals surface area contributed by atoms with Gasteiger partial charge in [0.05, 0.1) is 17.8 Å². The van der Waals surface area contributed by atoms with Crippen LogP contribution < -0.4 is 0 Å². The minimum absolute atomic E-state index is 0.0424. The van der Waals surface area contributed by atoms with Gasteiger partial charge in [-0.15, -0.1) is 0 Å². The van der Waals surface area contributed by atoms with Crippen LogP contribution >= 0.6 is 0 Å². The van der Waals surface area contributed by atoms with E-state index in [1.54, 1.807) is 12.1 Å². The molecule has 3 heteroatoms. The van der Waals surface area contributed by atoms with Gasteiger partial charge in [0.25, 0.3) is 0 Å². The average Bonchev–Trinajstić information content (AvgIpc) is 2.47. The molecular weight excluding hydrogens is 262 g/mol. The van der Waals surface area contributed by atoms with E-state index in [1.165, 1.54) is 0 Å². The minimum atomic E-state index is -0.148. The molecule has 0 unspecified atom stereocenters. The summed E-state index contributed by atoms with van der Waals surface area (Å²) in [7, 11) is 0. The third-order valence-electron chi connectivity index (χ3n) is 3.61. The van der Waals surface area contributed by atoms with Gasteiger partial charge in [0, 0.05) is 11.1 Å². The Morgan fingerprint density at radius 3 is 2.24 bits per heavy atom. The molecule has 3 rings (SSSR count). The number of benzene rings is 2. The first-order valence-corrected chi connectivity index (χ1v) is 6.87. The van der Waals surface area contributed by atoms with Crippen molar-refractivity contribution >= 4 is 23.0 Å². The third-order valence-corrected chi connectivity index (χ3v) is 3.61. The smallest absolute Gasteiger partial charge is 0.208 e. The quantitative estimate of drug-likeness (QED) is 0.795. The summed E-state index contributed by atoms with van der Waals surface area (Å²) >= 11 is 0. The molecule has 0 N–H and O–H groups in total. The molecule has 2 aromatic carbocycles. The van der Waals surface area contributed by atoms with Crippen LogP contribution in [-0.2, 0) is 0 Å². The zero-order valence-electron chi connectivity index (χ0n) is 12.0. The van der Waals surface area contributed by atoms with Crippen molar-refractivity contribution in [1.29, 1.82) is 0 Å². The van der Waals surface area contributed by atoms with Gasteiger partial charge in [0.15, 0.2) is 5.78 Å². The monoisotopic (exact) mass is 277 g/mol. The number of rotatable bonds is 1. The first-order valence-electron chi connectivity index (χ1n) is 6.87. The summed E-state index contributed by atoms with van der Waals surface area (Å²) < 4.78 is 0. The van der Waals surface area contributed by atoms with Crippen LogP contribution in [0, 0.1) is 13.8 Å². The summed E-state index contributed by atoms with van der Waals surface area (Å²) in [6, 6.07) is 12.9. The standard InChI is InChI=1S/C18H15NO2/c1-11-3-6-13(7-4-11)19-16-10-17(20)15-9-12(2)5-8-14(15)18(16)21/h3-9H,10H2,1-2H3. The van der Waals surface area contributed by atoms with Gasteiger partial charge in [-0.2, -0.15) is 0 Å². The highest BCUT2D eigenvalue weighted by Gasteiger charge is 2.29. The Morgan fingerprint density at radius 1 is 0.857 bits per heavy atom. The Labute approximate surface area is 123 Å². The molecule has 0 aliphatic heterocycles. The summed E-state index contributed by atoms with van der Waals surface area (Å²) in [5, 5.41) is 0. The van der Waals surface area contributed by atoms with E-state index in [0.29, 0.717) is 22.5 Å². The van der Waals surface area contributed by atoms with E-state index in [0.717, 1.165) is 11.1 Å². The molecular formula is C18H15NO2. The lowest BCUT2D eigenvalue weighted by atomic mass is 9.87. The van der Waals surface area contributed by atoms with E-state index in [2.05, 4.69) is 4.99 Å². The highest BCUT2D eigenvalue weighted by Crippen LogP contribution is 2.23. The Bertz CT molecular complexity index is 770. The van der Waals surface area contributed by atoms with Crippen molar-refractivity contribution in [3.63, 3.8) is 0 Å². The maximum atomic E-state index is 12.5. The van der Waals surface area contributed by atoms with Crippen LogP contribution in [0.15, 0.2) is 47.5 Å². The van der Waals surface area contributed by atoms with Crippen LogP contribution in [0.5, 0.6) is 0 Å². The predicted octanol–water partition coefficient (Wildman–Crippen LogP) is 3.85. The van der Waals surface area contributed by atoms with Crippen molar-refractivity contribution in [3.05, 3.63) is 64.7 Å². The molecule has 3 nitrogen and oxygen atoms in total. The van der Waals surface area contributed by atoms with E-state index >= 15 is 0 Å². The number of nitrogens with zero attached hydrogens (tertiary/aromatic N) is 1. The number of aryl methyl sites for hydroxylation is 2. The number of Topliss-reactive ketones (excluding diaryl/α,β-unsaturated/α-hetero) is 2. The second-order valence-corrected chi connectivity index (χ2v) is 5.37. The van der Waals surface area contributed by atoms with Gasteiger partial charge in [-0.05, 0) is 38.1 Å². The van der Waals surface area contributed by atoms with Gasteiger partial charge in [0.2, 0.25) is 5.78 Å². The molecule has 0 heterocycles. The van der Waals surface area contributed by atoms with Gasteiger partial charge in [-0.25, -0.2) is 4.99 Å². The normalized spacial score (nSPS) is 16.2. The van der Waals surface area contributed by atoms with E-state index in [-0.39, 0.29) is 18.0 Å². The van der Waals surface area contributed by atoms with Gasteiger partial charge in [-0.3, -0.25) is 9.59 Å². The fraction of sp³-hybridized carbons (Fsp3) is 0.167. The molecule has 0 radical (unpaired) electrons. The Kier molecular flexibility index (Phi) is 3.26. The highest BCUT2D eigenvalue weighted by molar-refractivity contribution is 6.53. The molecule has 0 fully saturated rings. The molecule has 2 aromatic rings. The lowest BCUT2D eigenvalue weighted by molar-refractivity contribution is 0.0965. The Hall–Kier alpha value is -2.55. The first-order chi connectivity index (χ1) is 10.0. The van der Waals surface area contributed by atoms with Gasteiger partial charge in [0.1, 0.15) is 0 Å². The fourth-order valence-electron chi connectivity index (χ4n) is 2.44. The van der Waals surface area contributed by atoms with Gasteiger partial charge >= 0.3 is 0 Å². The molecule has 0 saturated carbocycles. The van der Waals surface area contributed by atoms with Crippen molar-refractivity contribution < 1.29 is 9.59 Å². The average molecular weight is 277 g/mol. The number of ketones is 2. The summed E-state index contributed by atoms with van der Waals surface area (Å²) in [6.45, 7) is 3.90. The lowest BCUT2D eigenvalue weighted by Gasteiger charge is -2.16. The molecule has 104 valence electrons. The Morgan fingerprint density at radius 2 is 1.52 bits per heavy atom. The number of hydrogen-bond donors (Lipinski definition) is 0. The second kappa shape index (κ2) is 5.09. The van der Waals surface area contributed by atoms with Crippen LogP contribution in [0.25, 0.3) is 0 Å². The fourth-order valence-corrected chi connectivity index (χ4v) is 2.44. The third kappa shape index (κ3) is 2.55. The maximum absolute atomic E-state index is 12.5. The molecule has 0 bridgehead atoms. The van der Waals surface area contributed by atoms with Crippen LogP contribution in [-0.4, -0.2) is 17.3 Å². The molecule has 1 aliphatic rings. The Balaban J connectivity index is 2.03. The summed E-state index contributed by atoms with van der Waals surface area (Å²) in [6.07, 6.45) is 0.0726. The van der Waals surface area contributed by atoms with Crippen molar-refractivity contribution in [2.45, 2.75) is 20.3 Å². The van der Waals surface area contributed by atoms with Crippen LogP contribution in [0.4, 0.5) is 5.69 Å². The zero-order chi connectivity index (χ0) is 15.0.